The Bertz CT molecular complexity index is 490. The third kappa shape index (κ3) is 4.48. The largest absolute Gasteiger partial charge is 0.483 e. The van der Waals surface area contributed by atoms with Crippen molar-refractivity contribution in [2.45, 2.75) is 52.9 Å². The van der Waals surface area contributed by atoms with Gasteiger partial charge in [0, 0.05) is 6.54 Å². The number of ether oxygens (including phenoxy) is 1. The van der Waals surface area contributed by atoms with E-state index in [0.29, 0.717) is 5.92 Å². The van der Waals surface area contributed by atoms with Gasteiger partial charge in [-0.1, -0.05) is 31.4 Å². The molecule has 1 aromatic rings. The molecule has 0 saturated heterocycles. The number of aryl methyl sites for hydroxylation is 2. The van der Waals surface area contributed by atoms with E-state index in [1.807, 2.05) is 19.9 Å². The number of benzene rings is 1. The molecule has 1 amide bonds. The molecule has 0 unspecified atom stereocenters. The lowest BCUT2D eigenvalue weighted by atomic mass is 9.89. The van der Waals surface area contributed by atoms with Crippen LogP contribution in [0.15, 0.2) is 12.1 Å². The number of hydrogen-bond donors (Lipinski definition) is 1. The Balaban J connectivity index is 1.80. The third-order valence-electron chi connectivity index (χ3n) is 4.53. The first-order valence-corrected chi connectivity index (χ1v) is 8.04. The van der Waals surface area contributed by atoms with E-state index in [0.717, 1.165) is 23.4 Å². The summed E-state index contributed by atoms with van der Waals surface area (Å²) in [4.78, 5) is 11.9. The molecule has 1 aromatic carbocycles. The van der Waals surface area contributed by atoms with Gasteiger partial charge in [0.15, 0.2) is 6.61 Å². The monoisotopic (exact) mass is 289 g/mol. The summed E-state index contributed by atoms with van der Waals surface area (Å²) < 4.78 is 5.74. The minimum absolute atomic E-state index is 0.0131. The Morgan fingerprint density at radius 2 is 1.81 bits per heavy atom. The molecule has 1 aliphatic rings. The first-order chi connectivity index (χ1) is 10.1. The van der Waals surface area contributed by atoms with Gasteiger partial charge in [-0.15, -0.1) is 0 Å². The summed E-state index contributed by atoms with van der Waals surface area (Å²) in [6.07, 6.45) is 6.45. The molecule has 2 rings (SSSR count). The van der Waals surface area contributed by atoms with E-state index in [4.69, 9.17) is 4.74 Å². The molecule has 21 heavy (non-hydrogen) atoms. The van der Waals surface area contributed by atoms with Gasteiger partial charge in [-0.2, -0.15) is 0 Å². The molecule has 1 saturated carbocycles. The molecule has 116 valence electrons. The van der Waals surface area contributed by atoms with Crippen LogP contribution in [-0.2, 0) is 4.79 Å². The van der Waals surface area contributed by atoms with E-state index >= 15 is 0 Å². The second-order valence-electron chi connectivity index (χ2n) is 6.25. The van der Waals surface area contributed by atoms with E-state index < -0.39 is 0 Å². The zero-order valence-electron chi connectivity index (χ0n) is 13.5. The predicted octanol–water partition coefficient (Wildman–Crippen LogP) is 3.69. The molecule has 0 aromatic heterocycles. The van der Waals surface area contributed by atoms with E-state index in [9.17, 15) is 4.79 Å². The van der Waals surface area contributed by atoms with E-state index in [-0.39, 0.29) is 12.5 Å². The normalized spacial score (nSPS) is 15.8. The van der Waals surface area contributed by atoms with Gasteiger partial charge < -0.3 is 10.1 Å². The number of rotatable bonds is 5. The SMILES string of the molecule is Cc1ccc(C)c(OCC(=O)NCC2CCCCC2)c1C. The fourth-order valence-electron chi connectivity index (χ4n) is 2.99. The van der Waals surface area contributed by atoms with E-state index in [1.54, 1.807) is 0 Å². The first-order valence-electron chi connectivity index (χ1n) is 8.04. The average Bonchev–Trinajstić information content (AvgIpc) is 2.50. The van der Waals surface area contributed by atoms with Crippen LogP contribution < -0.4 is 10.1 Å². The van der Waals surface area contributed by atoms with Crippen LogP contribution in [0.4, 0.5) is 0 Å². The smallest absolute Gasteiger partial charge is 0.257 e. The van der Waals surface area contributed by atoms with Crippen LogP contribution in [0.5, 0.6) is 5.75 Å². The van der Waals surface area contributed by atoms with Crippen molar-refractivity contribution in [1.29, 1.82) is 0 Å². The molecule has 0 bridgehead atoms. The number of carbonyl (C=O) groups excluding carboxylic acids is 1. The average molecular weight is 289 g/mol. The maximum Gasteiger partial charge on any atom is 0.257 e. The quantitative estimate of drug-likeness (QED) is 0.898. The van der Waals surface area contributed by atoms with Crippen molar-refractivity contribution < 1.29 is 9.53 Å². The minimum atomic E-state index is -0.0131. The summed E-state index contributed by atoms with van der Waals surface area (Å²) in [5.74, 6) is 1.49. The molecule has 3 nitrogen and oxygen atoms in total. The van der Waals surface area contributed by atoms with E-state index in [1.165, 1.54) is 37.7 Å². The highest BCUT2D eigenvalue weighted by molar-refractivity contribution is 5.77. The molecule has 0 atom stereocenters. The lowest BCUT2D eigenvalue weighted by molar-refractivity contribution is -0.123. The highest BCUT2D eigenvalue weighted by atomic mass is 16.5. The lowest BCUT2D eigenvalue weighted by Crippen LogP contribution is -2.33. The maximum atomic E-state index is 11.9. The Hall–Kier alpha value is -1.51. The van der Waals surface area contributed by atoms with Crippen molar-refractivity contribution in [3.8, 4) is 5.75 Å². The Kier molecular flexibility index (Phi) is 5.66. The highest BCUT2D eigenvalue weighted by Crippen LogP contribution is 2.25. The molecular weight excluding hydrogens is 262 g/mol. The van der Waals surface area contributed by atoms with Gasteiger partial charge >= 0.3 is 0 Å². The van der Waals surface area contributed by atoms with Gasteiger partial charge in [0.05, 0.1) is 0 Å². The second kappa shape index (κ2) is 7.48. The van der Waals surface area contributed by atoms with Crippen molar-refractivity contribution in [2.24, 2.45) is 5.92 Å². The highest BCUT2D eigenvalue weighted by Gasteiger charge is 2.15. The number of hydrogen-bond acceptors (Lipinski definition) is 2. The van der Waals surface area contributed by atoms with Crippen LogP contribution >= 0.6 is 0 Å². The van der Waals surface area contributed by atoms with Crippen LogP contribution in [0.2, 0.25) is 0 Å². The Morgan fingerprint density at radius 1 is 1.14 bits per heavy atom. The fourth-order valence-corrected chi connectivity index (χ4v) is 2.99. The van der Waals surface area contributed by atoms with Crippen molar-refractivity contribution in [3.63, 3.8) is 0 Å². The molecule has 3 heteroatoms. The summed E-state index contributed by atoms with van der Waals surface area (Å²) in [5.41, 5.74) is 3.39. The summed E-state index contributed by atoms with van der Waals surface area (Å²) in [6.45, 7) is 7.02. The standard InChI is InChI=1S/C18H27NO2/c1-13-9-10-14(2)18(15(13)3)21-12-17(20)19-11-16-7-5-4-6-8-16/h9-10,16H,4-8,11-12H2,1-3H3,(H,19,20). The topological polar surface area (TPSA) is 38.3 Å². The third-order valence-corrected chi connectivity index (χ3v) is 4.53. The molecule has 1 fully saturated rings. The molecule has 0 heterocycles. The lowest BCUT2D eigenvalue weighted by Gasteiger charge is -2.21. The summed E-state index contributed by atoms with van der Waals surface area (Å²) in [7, 11) is 0. The molecule has 1 aliphatic carbocycles. The number of amides is 1. The predicted molar refractivity (Wildman–Crippen MR) is 85.7 cm³/mol. The summed E-state index contributed by atoms with van der Waals surface area (Å²) in [5, 5.41) is 3.01. The van der Waals surface area contributed by atoms with Gasteiger partial charge in [0.2, 0.25) is 0 Å². The number of nitrogens with one attached hydrogen (secondary N) is 1. The van der Waals surface area contributed by atoms with Crippen LogP contribution in [0.1, 0.15) is 48.8 Å². The molecule has 0 radical (unpaired) electrons. The minimum Gasteiger partial charge on any atom is -0.483 e. The van der Waals surface area contributed by atoms with Gasteiger partial charge in [0.25, 0.3) is 5.91 Å². The van der Waals surface area contributed by atoms with Crippen LogP contribution in [0.3, 0.4) is 0 Å². The zero-order valence-corrected chi connectivity index (χ0v) is 13.5. The summed E-state index contributed by atoms with van der Waals surface area (Å²) >= 11 is 0. The van der Waals surface area contributed by atoms with Crippen LogP contribution in [0.25, 0.3) is 0 Å². The summed E-state index contributed by atoms with van der Waals surface area (Å²) in [6, 6.07) is 4.12. The molecular formula is C18H27NO2. The molecule has 1 N–H and O–H groups in total. The van der Waals surface area contributed by atoms with Crippen molar-refractivity contribution in [2.75, 3.05) is 13.2 Å². The fraction of sp³-hybridized carbons (Fsp3) is 0.611. The van der Waals surface area contributed by atoms with Crippen molar-refractivity contribution >= 4 is 5.91 Å². The maximum absolute atomic E-state index is 11.9. The van der Waals surface area contributed by atoms with Crippen LogP contribution in [-0.4, -0.2) is 19.1 Å². The van der Waals surface area contributed by atoms with E-state index in [2.05, 4.69) is 18.3 Å². The molecule has 0 spiro atoms. The Morgan fingerprint density at radius 3 is 2.52 bits per heavy atom. The van der Waals surface area contributed by atoms with Crippen LogP contribution in [0, 0.1) is 26.7 Å². The van der Waals surface area contributed by atoms with Gasteiger partial charge in [0.1, 0.15) is 5.75 Å². The molecule has 0 aliphatic heterocycles. The van der Waals surface area contributed by atoms with Crippen molar-refractivity contribution in [3.05, 3.63) is 28.8 Å². The number of carbonyl (C=O) groups is 1. The van der Waals surface area contributed by atoms with Gasteiger partial charge in [-0.25, -0.2) is 0 Å². The van der Waals surface area contributed by atoms with Gasteiger partial charge in [-0.05, 0) is 56.2 Å². The zero-order chi connectivity index (χ0) is 15.2. The first kappa shape index (κ1) is 15.9. The Labute approximate surface area is 128 Å². The van der Waals surface area contributed by atoms with Gasteiger partial charge in [-0.3, -0.25) is 4.79 Å². The van der Waals surface area contributed by atoms with Crippen molar-refractivity contribution in [1.82, 2.24) is 5.32 Å². The second-order valence-corrected chi connectivity index (χ2v) is 6.25.